The second kappa shape index (κ2) is 8.82. The molecule has 2 nitrogen and oxygen atoms in total. The van der Waals surface area contributed by atoms with Crippen LogP contribution in [0.1, 0.15) is 57.4 Å². The molecular weight excluding hydrogens is 294 g/mol. The van der Waals surface area contributed by atoms with Crippen LogP contribution in [0.4, 0.5) is 0 Å². The van der Waals surface area contributed by atoms with Gasteiger partial charge in [0.15, 0.2) is 0 Å². The van der Waals surface area contributed by atoms with E-state index in [0.717, 1.165) is 30.5 Å². The van der Waals surface area contributed by atoms with Gasteiger partial charge in [0.2, 0.25) is 0 Å². The van der Waals surface area contributed by atoms with E-state index in [-0.39, 0.29) is 0 Å². The molecule has 2 atom stereocenters. The number of nitrogens with one attached hydrogen (secondary N) is 1. The summed E-state index contributed by atoms with van der Waals surface area (Å²) in [5, 5.41) is 3.93. The summed E-state index contributed by atoms with van der Waals surface area (Å²) in [7, 11) is 1.81. The van der Waals surface area contributed by atoms with Crippen molar-refractivity contribution in [3.8, 4) is 0 Å². The van der Waals surface area contributed by atoms with Crippen LogP contribution < -0.4 is 5.32 Å². The fraction of sp³-hybridized carbons (Fsp3) is 0.636. The molecule has 0 amide bonds. The molecule has 24 heavy (non-hydrogen) atoms. The molecule has 132 valence electrons. The SMILES string of the molecule is COCCCC1CCC(N[C@@H]2C[C@H]2/C(C)=C/c2ccccc2)CC1. The van der Waals surface area contributed by atoms with Gasteiger partial charge in [-0.05, 0) is 69.3 Å². The highest BCUT2D eigenvalue weighted by Gasteiger charge is 2.39. The molecule has 0 aromatic heterocycles. The summed E-state index contributed by atoms with van der Waals surface area (Å²) in [6, 6.07) is 12.2. The smallest absolute Gasteiger partial charge is 0.0462 e. The lowest BCUT2D eigenvalue weighted by molar-refractivity contribution is 0.178. The first kappa shape index (κ1) is 17.7. The van der Waals surface area contributed by atoms with Crippen molar-refractivity contribution >= 4 is 6.08 Å². The topological polar surface area (TPSA) is 21.3 Å². The number of methoxy groups -OCH3 is 1. The molecule has 2 heteroatoms. The first-order valence-electron chi connectivity index (χ1n) is 9.74. The monoisotopic (exact) mass is 327 g/mol. The minimum absolute atomic E-state index is 0.722. The third-order valence-corrected chi connectivity index (χ3v) is 5.83. The van der Waals surface area contributed by atoms with Crippen LogP contribution in [0.2, 0.25) is 0 Å². The van der Waals surface area contributed by atoms with Crippen LogP contribution in [0.15, 0.2) is 35.9 Å². The van der Waals surface area contributed by atoms with Gasteiger partial charge in [0.05, 0.1) is 0 Å². The van der Waals surface area contributed by atoms with E-state index in [1.807, 2.05) is 0 Å². The van der Waals surface area contributed by atoms with E-state index in [1.54, 1.807) is 7.11 Å². The van der Waals surface area contributed by atoms with Crippen molar-refractivity contribution < 1.29 is 4.74 Å². The molecule has 0 saturated heterocycles. The minimum atomic E-state index is 0.722. The van der Waals surface area contributed by atoms with Crippen LogP contribution in [-0.4, -0.2) is 25.8 Å². The van der Waals surface area contributed by atoms with E-state index in [2.05, 4.69) is 48.6 Å². The van der Waals surface area contributed by atoms with E-state index in [0.29, 0.717) is 0 Å². The van der Waals surface area contributed by atoms with Gasteiger partial charge in [0.1, 0.15) is 0 Å². The molecular formula is C22H33NO. The number of hydrogen-bond acceptors (Lipinski definition) is 2. The summed E-state index contributed by atoms with van der Waals surface area (Å²) in [5.41, 5.74) is 2.86. The normalized spacial score (nSPS) is 30.3. The highest BCUT2D eigenvalue weighted by Crippen LogP contribution is 2.39. The maximum atomic E-state index is 5.17. The predicted octanol–water partition coefficient (Wildman–Crippen LogP) is 5.05. The molecule has 2 aliphatic carbocycles. The van der Waals surface area contributed by atoms with Gasteiger partial charge in [-0.1, -0.05) is 42.0 Å². The molecule has 0 spiro atoms. The summed E-state index contributed by atoms with van der Waals surface area (Å²) < 4.78 is 5.17. The number of benzene rings is 1. The average Bonchev–Trinajstić information content (AvgIpc) is 3.37. The maximum Gasteiger partial charge on any atom is 0.0462 e. The lowest BCUT2D eigenvalue weighted by atomic mass is 9.83. The number of ether oxygens (including phenoxy) is 1. The standard InChI is InChI=1S/C22H33NO/c1-17(15-19-7-4-3-5-8-19)21-16-22(21)23-20-12-10-18(11-13-20)9-6-14-24-2/h3-5,7-8,15,18,20-23H,6,9-14,16H2,1-2H3/b17-15+/t18?,20?,21-,22+/m0/s1. The highest BCUT2D eigenvalue weighted by atomic mass is 16.5. The molecule has 0 bridgehead atoms. The third-order valence-electron chi connectivity index (χ3n) is 5.83. The van der Waals surface area contributed by atoms with Crippen molar-refractivity contribution in [3.05, 3.63) is 41.5 Å². The van der Waals surface area contributed by atoms with Gasteiger partial charge in [-0.2, -0.15) is 0 Å². The van der Waals surface area contributed by atoms with Gasteiger partial charge in [0, 0.05) is 25.8 Å². The Morgan fingerprint density at radius 3 is 2.62 bits per heavy atom. The molecule has 2 aliphatic rings. The van der Waals surface area contributed by atoms with Crippen molar-refractivity contribution in [1.29, 1.82) is 0 Å². The molecule has 3 rings (SSSR count). The van der Waals surface area contributed by atoms with E-state index < -0.39 is 0 Å². The molecule has 2 saturated carbocycles. The Labute approximate surface area is 147 Å². The third kappa shape index (κ3) is 5.19. The Balaban J connectivity index is 1.38. The molecule has 1 aromatic carbocycles. The Morgan fingerprint density at radius 1 is 1.17 bits per heavy atom. The summed E-state index contributed by atoms with van der Waals surface area (Å²) in [6.45, 7) is 3.22. The van der Waals surface area contributed by atoms with Crippen molar-refractivity contribution in [3.63, 3.8) is 0 Å². The second-order valence-electron chi connectivity index (χ2n) is 7.77. The van der Waals surface area contributed by atoms with Crippen LogP contribution in [0.25, 0.3) is 6.08 Å². The first-order valence-corrected chi connectivity index (χ1v) is 9.74. The minimum Gasteiger partial charge on any atom is -0.385 e. The van der Waals surface area contributed by atoms with Crippen LogP contribution >= 0.6 is 0 Å². The maximum absolute atomic E-state index is 5.17. The van der Waals surface area contributed by atoms with Gasteiger partial charge in [-0.3, -0.25) is 0 Å². The van der Waals surface area contributed by atoms with Crippen molar-refractivity contribution in [1.82, 2.24) is 5.32 Å². The molecule has 0 aliphatic heterocycles. The van der Waals surface area contributed by atoms with Crippen molar-refractivity contribution in [2.75, 3.05) is 13.7 Å². The zero-order valence-electron chi connectivity index (χ0n) is 15.3. The van der Waals surface area contributed by atoms with Gasteiger partial charge in [-0.25, -0.2) is 0 Å². The molecule has 0 unspecified atom stereocenters. The molecule has 1 N–H and O–H groups in total. The fourth-order valence-electron chi connectivity index (χ4n) is 4.24. The molecule has 2 fully saturated rings. The Hall–Kier alpha value is -1.12. The van der Waals surface area contributed by atoms with E-state index in [4.69, 9.17) is 4.74 Å². The largest absolute Gasteiger partial charge is 0.385 e. The van der Waals surface area contributed by atoms with Crippen molar-refractivity contribution in [2.45, 2.75) is 64.0 Å². The lowest BCUT2D eigenvalue weighted by Gasteiger charge is -2.29. The van der Waals surface area contributed by atoms with Crippen molar-refractivity contribution in [2.24, 2.45) is 11.8 Å². The van der Waals surface area contributed by atoms with E-state index in [1.165, 1.54) is 56.1 Å². The predicted molar refractivity (Wildman–Crippen MR) is 102 cm³/mol. The Bertz CT molecular complexity index is 516. The van der Waals surface area contributed by atoms with Crippen LogP contribution in [-0.2, 0) is 4.74 Å². The molecule has 1 aromatic rings. The van der Waals surface area contributed by atoms with Gasteiger partial charge < -0.3 is 10.1 Å². The van der Waals surface area contributed by atoms with Crippen LogP contribution in [0, 0.1) is 11.8 Å². The lowest BCUT2D eigenvalue weighted by Crippen LogP contribution is -2.35. The fourth-order valence-corrected chi connectivity index (χ4v) is 4.24. The number of hydrogen-bond donors (Lipinski definition) is 1. The van der Waals surface area contributed by atoms with Gasteiger partial charge in [-0.15, -0.1) is 0 Å². The zero-order valence-corrected chi connectivity index (χ0v) is 15.3. The summed E-state index contributed by atoms with van der Waals surface area (Å²) in [4.78, 5) is 0. The van der Waals surface area contributed by atoms with Crippen LogP contribution in [0.5, 0.6) is 0 Å². The summed E-state index contributed by atoms with van der Waals surface area (Å²) in [6.07, 6.45) is 11.8. The molecule has 0 heterocycles. The van der Waals surface area contributed by atoms with E-state index in [9.17, 15) is 0 Å². The Morgan fingerprint density at radius 2 is 1.92 bits per heavy atom. The zero-order chi connectivity index (χ0) is 16.8. The molecule has 0 radical (unpaired) electrons. The number of rotatable bonds is 8. The summed E-state index contributed by atoms with van der Waals surface area (Å²) in [5.74, 6) is 1.69. The quantitative estimate of drug-likeness (QED) is 0.674. The van der Waals surface area contributed by atoms with E-state index >= 15 is 0 Å². The summed E-state index contributed by atoms with van der Waals surface area (Å²) >= 11 is 0. The first-order chi connectivity index (χ1) is 11.8. The highest BCUT2D eigenvalue weighted by molar-refractivity contribution is 5.53. The second-order valence-corrected chi connectivity index (χ2v) is 7.77. The van der Waals surface area contributed by atoms with Gasteiger partial charge >= 0.3 is 0 Å². The Kier molecular flexibility index (Phi) is 6.51. The average molecular weight is 328 g/mol. The van der Waals surface area contributed by atoms with Crippen LogP contribution in [0.3, 0.4) is 0 Å². The van der Waals surface area contributed by atoms with Gasteiger partial charge in [0.25, 0.3) is 0 Å².